The number of hydrogen-bond acceptors (Lipinski definition) is 6. The van der Waals surface area contributed by atoms with Crippen molar-refractivity contribution in [1.82, 2.24) is 29.5 Å². The van der Waals surface area contributed by atoms with E-state index < -0.39 is 23.1 Å². The molecule has 0 fully saturated rings. The first-order chi connectivity index (χ1) is 17.2. The van der Waals surface area contributed by atoms with E-state index in [1.165, 1.54) is 9.25 Å². The quantitative estimate of drug-likeness (QED) is 0.306. The van der Waals surface area contributed by atoms with E-state index in [1.54, 1.807) is 68.9 Å². The fourth-order valence-electron chi connectivity index (χ4n) is 3.81. The molecule has 2 heterocycles. The minimum atomic E-state index is -0.607. The number of carbonyl (C=O) groups excluding carboxylic acids is 2. The number of para-hydroxylation sites is 2. The van der Waals surface area contributed by atoms with Crippen molar-refractivity contribution in [2.24, 2.45) is 7.05 Å². The predicted octanol–water partition coefficient (Wildman–Crippen LogP) is 2.51. The van der Waals surface area contributed by atoms with Gasteiger partial charge < -0.3 is 5.32 Å². The molecule has 0 saturated heterocycles. The Morgan fingerprint density at radius 3 is 2.36 bits per heavy atom. The van der Waals surface area contributed by atoms with Crippen LogP contribution in [0.5, 0.6) is 0 Å². The molecule has 0 saturated carbocycles. The standard InChI is InChI=1S/C25H26N6O4S/c1-15(2)26-24(35)28-20(32)14-36-25-27-19-13-9-8-12-18(19)22(33)30(25)21-16(3)29(4)31(23(21)34)17-10-6-5-7-11-17/h5-13,15H,14H2,1-4H3,(H2,26,28,32,35). The van der Waals surface area contributed by atoms with Gasteiger partial charge in [0.05, 0.1) is 28.0 Å². The highest BCUT2D eigenvalue weighted by molar-refractivity contribution is 7.99. The van der Waals surface area contributed by atoms with Gasteiger partial charge in [0.1, 0.15) is 5.69 Å². The van der Waals surface area contributed by atoms with Crippen LogP contribution in [0.4, 0.5) is 4.79 Å². The highest BCUT2D eigenvalue weighted by Gasteiger charge is 2.23. The zero-order valence-electron chi connectivity index (χ0n) is 20.3. The van der Waals surface area contributed by atoms with Gasteiger partial charge in [-0.15, -0.1) is 0 Å². The number of fused-ring (bicyclic) bond motifs is 1. The summed E-state index contributed by atoms with van der Waals surface area (Å²) < 4.78 is 4.40. The average molecular weight is 507 g/mol. The second kappa shape index (κ2) is 10.2. The number of amides is 3. The van der Waals surface area contributed by atoms with Gasteiger partial charge in [-0.2, -0.15) is 0 Å². The molecule has 2 aromatic carbocycles. The number of carbonyl (C=O) groups is 2. The first kappa shape index (κ1) is 25.0. The highest BCUT2D eigenvalue weighted by atomic mass is 32.2. The van der Waals surface area contributed by atoms with Gasteiger partial charge in [0, 0.05) is 13.1 Å². The molecule has 0 aliphatic carbocycles. The Morgan fingerprint density at radius 2 is 1.67 bits per heavy atom. The van der Waals surface area contributed by atoms with E-state index in [1.807, 2.05) is 18.2 Å². The molecule has 2 aromatic heterocycles. The maximum atomic E-state index is 13.7. The van der Waals surface area contributed by atoms with Gasteiger partial charge in [-0.1, -0.05) is 42.1 Å². The molecule has 186 valence electrons. The highest BCUT2D eigenvalue weighted by Crippen LogP contribution is 2.22. The molecular formula is C25H26N6O4S. The van der Waals surface area contributed by atoms with Crippen molar-refractivity contribution >= 4 is 34.6 Å². The summed E-state index contributed by atoms with van der Waals surface area (Å²) in [4.78, 5) is 56.2. The summed E-state index contributed by atoms with van der Waals surface area (Å²) in [5.74, 6) is -0.742. The normalized spacial score (nSPS) is 11.1. The van der Waals surface area contributed by atoms with Crippen molar-refractivity contribution in [2.45, 2.75) is 32.0 Å². The largest absolute Gasteiger partial charge is 0.336 e. The monoisotopic (exact) mass is 506 g/mol. The number of thioether (sulfide) groups is 1. The molecule has 2 N–H and O–H groups in total. The van der Waals surface area contributed by atoms with Crippen molar-refractivity contribution in [3.05, 3.63) is 81.0 Å². The fourth-order valence-corrected chi connectivity index (χ4v) is 4.61. The van der Waals surface area contributed by atoms with Crippen molar-refractivity contribution in [2.75, 3.05) is 5.75 Å². The van der Waals surface area contributed by atoms with Crippen molar-refractivity contribution in [3.8, 4) is 11.4 Å². The van der Waals surface area contributed by atoms with E-state index in [0.717, 1.165) is 11.8 Å². The summed E-state index contributed by atoms with van der Waals surface area (Å²) in [5, 5.41) is 5.35. The summed E-state index contributed by atoms with van der Waals surface area (Å²) in [6.45, 7) is 5.30. The minimum absolute atomic E-state index is 0.134. The first-order valence-corrected chi connectivity index (χ1v) is 12.3. The molecule has 0 atom stereocenters. The number of rotatable bonds is 6. The van der Waals surface area contributed by atoms with Gasteiger partial charge in [-0.3, -0.25) is 24.4 Å². The number of nitrogens with zero attached hydrogens (tertiary/aromatic N) is 4. The number of nitrogens with one attached hydrogen (secondary N) is 2. The Kier molecular flexibility index (Phi) is 7.11. The molecule has 3 amide bonds. The van der Waals surface area contributed by atoms with E-state index in [4.69, 9.17) is 0 Å². The molecule has 4 rings (SSSR count). The molecule has 36 heavy (non-hydrogen) atoms. The van der Waals surface area contributed by atoms with Crippen LogP contribution in [0, 0.1) is 6.92 Å². The Balaban J connectivity index is 1.82. The second-order valence-corrected chi connectivity index (χ2v) is 9.37. The number of benzene rings is 2. The first-order valence-electron chi connectivity index (χ1n) is 11.3. The number of imide groups is 1. The molecule has 0 radical (unpaired) electrons. The third-order valence-corrected chi connectivity index (χ3v) is 6.44. The molecule has 4 aromatic rings. The summed E-state index contributed by atoms with van der Waals surface area (Å²) >= 11 is 0.971. The molecular weight excluding hydrogens is 480 g/mol. The third-order valence-electron chi connectivity index (χ3n) is 5.50. The van der Waals surface area contributed by atoms with Gasteiger partial charge in [0.2, 0.25) is 5.91 Å². The fraction of sp³-hybridized carbons (Fsp3) is 0.240. The van der Waals surface area contributed by atoms with Gasteiger partial charge in [-0.05, 0) is 45.0 Å². The number of hydrogen-bond donors (Lipinski definition) is 2. The lowest BCUT2D eigenvalue weighted by Crippen LogP contribution is -2.43. The molecule has 11 heteroatoms. The van der Waals surface area contributed by atoms with Gasteiger partial charge >= 0.3 is 6.03 Å². The topological polar surface area (TPSA) is 120 Å². The molecule has 0 aliphatic heterocycles. The maximum absolute atomic E-state index is 13.7. The van der Waals surface area contributed by atoms with Crippen LogP contribution < -0.4 is 21.8 Å². The molecule has 0 unspecified atom stereocenters. The van der Waals surface area contributed by atoms with E-state index >= 15 is 0 Å². The van der Waals surface area contributed by atoms with Crippen molar-refractivity contribution in [3.63, 3.8) is 0 Å². The molecule has 0 spiro atoms. The van der Waals surface area contributed by atoms with Crippen molar-refractivity contribution in [1.29, 1.82) is 0 Å². The van der Waals surface area contributed by atoms with Gasteiger partial charge in [0.15, 0.2) is 5.16 Å². The predicted molar refractivity (Wildman–Crippen MR) is 139 cm³/mol. The molecule has 0 bridgehead atoms. The Hall–Kier alpha value is -4.12. The zero-order valence-corrected chi connectivity index (χ0v) is 21.1. The van der Waals surface area contributed by atoms with Crippen LogP contribution >= 0.6 is 11.8 Å². The van der Waals surface area contributed by atoms with Crippen LogP contribution in [0.15, 0.2) is 69.3 Å². The summed E-state index contributed by atoms with van der Waals surface area (Å²) in [5.41, 5.74) is 0.952. The summed E-state index contributed by atoms with van der Waals surface area (Å²) in [6.07, 6.45) is 0. The third kappa shape index (κ3) is 4.82. The number of aromatic nitrogens is 4. The Bertz CT molecular complexity index is 1570. The molecule has 10 nitrogen and oxygen atoms in total. The lowest BCUT2D eigenvalue weighted by Gasteiger charge is -2.12. The second-order valence-electron chi connectivity index (χ2n) is 8.43. The van der Waals surface area contributed by atoms with E-state index in [-0.39, 0.29) is 22.6 Å². The summed E-state index contributed by atoms with van der Waals surface area (Å²) in [7, 11) is 1.74. The summed E-state index contributed by atoms with van der Waals surface area (Å²) in [6, 6.07) is 15.2. The zero-order chi connectivity index (χ0) is 26.0. The van der Waals surface area contributed by atoms with Crippen LogP contribution in [0.2, 0.25) is 0 Å². The van der Waals surface area contributed by atoms with Crippen LogP contribution in [-0.4, -0.2) is 42.6 Å². The van der Waals surface area contributed by atoms with Crippen LogP contribution in [-0.2, 0) is 11.8 Å². The van der Waals surface area contributed by atoms with Crippen molar-refractivity contribution < 1.29 is 9.59 Å². The van der Waals surface area contributed by atoms with E-state index in [0.29, 0.717) is 22.3 Å². The van der Waals surface area contributed by atoms with Gasteiger partial charge in [0.25, 0.3) is 11.1 Å². The van der Waals surface area contributed by atoms with Gasteiger partial charge in [-0.25, -0.2) is 19.0 Å². The number of urea groups is 1. The van der Waals surface area contributed by atoms with Crippen LogP contribution in [0.25, 0.3) is 22.3 Å². The van der Waals surface area contributed by atoms with Crippen LogP contribution in [0.1, 0.15) is 19.5 Å². The Labute approximate surface area is 210 Å². The molecule has 0 aliphatic rings. The average Bonchev–Trinajstić information content (AvgIpc) is 3.05. The lowest BCUT2D eigenvalue weighted by atomic mass is 10.2. The SMILES string of the molecule is Cc1c(-n2c(SCC(=O)NC(=O)NC(C)C)nc3ccccc3c2=O)c(=O)n(-c2ccccc2)n1C. The minimum Gasteiger partial charge on any atom is -0.336 e. The lowest BCUT2D eigenvalue weighted by molar-refractivity contribution is -0.117. The van der Waals surface area contributed by atoms with E-state index in [2.05, 4.69) is 15.6 Å². The smallest absolute Gasteiger partial charge is 0.321 e. The maximum Gasteiger partial charge on any atom is 0.321 e. The van der Waals surface area contributed by atoms with E-state index in [9.17, 15) is 19.2 Å². The van der Waals surface area contributed by atoms with Crippen LogP contribution in [0.3, 0.4) is 0 Å². The Morgan fingerprint density at radius 1 is 1.00 bits per heavy atom.